The summed E-state index contributed by atoms with van der Waals surface area (Å²) in [6.45, 7) is 0.182. The van der Waals surface area contributed by atoms with Crippen LogP contribution in [0.15, 0.2) is 48.5 Å². The number of nitrogens with zero attached hydrogens (tertiary/aromatic N) is 1. The van der Waals surface area contributed by atoms with Crippen LogP contribution >= 0.6 is 22.6 Å². The first-order valence-electron chi connectivity index (χ1n) is 7.42. The third-order valence-electron chi connectivity index (χ3n) is 3.39. The molecule has 0 saturated heterocycles. The van der Waals surface area contributed by atoms with Crippen molar-refractivity contribution >= 4 is 44.2 Å². The van der Waals surface area contributed by atoms with E-state index in [9.17, 15) is 13.2 Å². The second-order valence-electron chi connectivity index (χ2n) is 5.51. The van der Waals surface area contributed by atoms with Crippen LogP contribution in [0.4, 0.5) is 5.69 Å². The highest BCUT2D eigenvalue weighted by Crippen LogP contribution is 2.15. The molecule has 0 atom stereocenters. The topological polar surface area (TPSA) is 75.7 Å². The lowest BCUT2D eigenvalue weighted by Crippen LogP contribution is -2.24. The number of rotatable bonds is 7. The number of benzene rings is 2. The Kier molecular flexibility index (Phi) is 6.79. The number of sulfonamides is 1. The van der Waals surface area contributed by atoms with Crippen LogP contribution in [0.2, 0.25) is 0 Å². The van der Waals surface area contributed by atoms with E-state index in [0.29, 0.717) is 11.4 Å². The van der Waals surface area contributed by atoms with Crippen molar-refractivity contribution < 1.29 is 17.9 Å². The zero-order chi connectivity index (χ0) is 18.4. The van der Waals surface area contributed by atoms with Crippen LogP contribution in [-0.4, -0.2) is 38.5 Å². The average molecular weight is 474 g/mol. The van der Waals surface area contributed by atoms with E-state index >= 15 is 0 Å². The predicted octanol–water partition coefficient (Wildman–Crippen LogP) is 2.70. The molecule has 0 spiro atoms. The molecule has 2 rings (SSSR count). The molecular weight excluding hydrogens is 455 g/mol. The Balaban J connectivity index is 1.84. The molecule has 6 nitrogen and oxygen atoms in total. The highest BCUT2D eigenvalue weighted by atomic mass is 127. The average Bonchev–Trinajstić information content (AvgIpc) is 2.55. The fourth-order valence-corrected chi connectivity index (χ4v) is 2.69. The summed E-state index contributed by atoms with van der Waals surface area (Å²) in [4.78, 5) is 11.9. The number of ether oxygens (including phenoxy) is 1. The Labute approximate surface area is 161 Å². The van der Waals surface area contributed by atoms with Gasteiger partial charge in [0.1, 0.15) is 5.75 Å². The SMILES string of the molecule is CN(Cc1ccc(OCC(=O)Nc2ccc(I)cc2)cc1)S(C)(=O)=O. The van der Waals surface area contributed by atoms with Crippen molar-refractivity contribution in [2.75, 3.05) is 25.2 Å². The molecule has 0 fully saturated rings. The summed E-state index contributed by atoms with van der Waals surface area (Å²) in [5.41, 5.74) is 1.55. The number of anilines is 1. The molecule has 25 heavy (non-hydrogen) atoms. The Morgan fingerprint density at radius 2 is 1.72 bits per heavy atom. The van der Waals surface area contributed by atoms with Gasteiger partial charge in [-0.1, -0.05) is 12.1 Å². The Morgan fingerprint density at radius 3 is 2.28 bits per heavy atom. The molecule has 1 amide bonds. The monoisotopic (exact) mass is 474 g/mol. The molecule has 8 heteroatoms. The van der Waals surface area contributed by atoms with E-state index in [1.165, 1.54) is 11.4 Å². The maximum absolute atomic E-state index is 11.9. The molecule has 0 aliphatic heterocycles. The number of amides is 1. The van der Waals surface area contributed by atoms with E-state index in [0.717, 1.165) is 15.4 Å². The number of hydrogen-bond acceptors (Lipinski definition) is 4. The second kappa shape index (κ2) is 8.63. The molecule has 134 valence electrons. The van der Waals surface area contributed by atoms with Crippen molar-refractivity contribution in [1.82, 2.24) is 4.31 Å². The van der Waals surface area contributed by atoms with Gasteiger partial charge in [-0.25, -0.2) is 12.7 Å². The van der Waals surface area contributed by atoms with Gasteiger partial charge in [0.05, 0.1) is 6.26 Å². The maximum Gasteiger partial charge on any atom is 0.262 e. The molecule has 0 aromatic heterocycles. The standard InChI is InChI=1S/C17H19IN2O4S/c1-20(25(2,22)23)11-13-3-9-16(10-4-13)24-12-17(21)19-15-7-5-14(18)6-8-15/h3-10H,11-12H2,1-2H3,(H,19,21). The first-order valence-corrected chi connectivity index (χ1v) is 10.4. The molecular formula is C17H19IN2O4S. The fourth-order valence-electron chi connectivity index (χ4n) is 1.94. The number of carbonyl (C=O) groups excluding carboxylic acids is 1. The van der Waals surface area contributed by atoms with E-state index in [1.807, 2.05) is 24.3 Å². The molecule has 2 aromatic carbocycles. The van der Waals surface area contributed by atoms with Crippen molar-refractivity contribution in [3.05, 3.63) is 57.7 Å². The van der Waals surface area contributed by atoms with Gasteiger partial charge in [-0.05, 0) is 64.6 Å². The van der Waals surface area contributed by atoms with Crippen molar-refractivity contribution in [3.63, 3.8) is 0 Å². The summed E-state index contributed by atoms with van der Waals surface area (Å²) >= 11 is 2.19. The zero-order valence-corrected chi connectivity index (χ0v) is 16.9. The molecule has 0 heterocycles. The second-order valence-corrected chi connectivity index (χ2v) is 8.84. The van der Waals surface area contributed by atoms with Gasteiger partial charge >= 0.3 is 0 Å². The number of carbonyl (C=O) groups is 1. The largest absolute Gasteiger partial charge is 0.484 e. The third-order valence-corrected chi connectivity index (χ3v) is 5.37. The minimum absolute atomic E-state index is 0.103. The summed E-state index contributed by atoms with van der Waals surface area (Å²) in [6, 6.07) is 14.4. The highest BCUT2D eigenvalue weighted by molar-refractivity contribution is 14.1. The molecule has 2 aromatic rings. The lowest BCUT2D eigenvalue weighted by atomic mass is 10.2. The molecule has 0 aliphatic rings. The maximum atomic E-state index is 11.9. The number of hydrogen-bond donors (Lipinski definition) is 1. The molecule has 0 aliphatic carbocycles. The third kappa shape index (κ3) is 6.63. The first-order chi connectivity index (χ1) is 11.7. The van der Waals surface area contributed by atoms with Crippen molar-refractivity contribution in [2.45, 2.75) is 6.54 Å². The summed E-state index contributed by atoms with van der Waals surface area (Å²) in [5, 5.41) is 2.75. The summed E-state index contributed by atoms with van der Waals surface area (Å²) < 4.78 is 30.6. The van der Waals surface area contributed by atoms with Gasteiger partial charge in [-0.15, -0.1) is 0 Å². The van der Waals surface area contributed by atoms with Gasteiger partial charge in [0, 0.05) is 22.8 Å². The summed E-state index contributed by atoms with van der Waals surface area (Å²) in [7, 11) is -1.69. The van der Waals surface area contributed by atoms with Gasteiger partial charge in [0.15, 0.2) is 6.61 Å². The van der Waals surface area contributed by atoms with Gasteiger partial charge in [-0.3, -0.25) is 4.79 Å². The Morgan fingerprint density at radius 1 is 1.12 bits per heavy atom. The predicted molar refractivity (Wildman–Crippen MR) is 106 cm³/mol. The molecule has 0 bridgehead atoms. The van der Waals surface area contributed by atoms with Crippen LogP contribution < -0.4 is 10.1 Å². The first kappa shape index (κ1) is 19.7. The summed E-state index contributed by atoms with van der Waals surface area (Å²) in [5.74, 6) is 0.297. The van der Waals surface area contributed by atoms with E-state index in [-0.39, 0.29) is 19.1 Å². The highest BCUT2D eigenvalue weighted by Gasteiger charge is 2.11. The smallest absolute Gasteiger partial charge is 0.262 e. The van der Waals surface area contributed by atoms with E-state index < -0.39 is 10.0 Å². The number of halogens is 1. The van der Waals surface area contributed by atoms with Gasteiger partial charge < -0.3 is 10.1 Å². The van der Waals surface area contributed by atoms with Crippen LogP contribution in [0.1, 0.15) is 5.56 Å². The van der Waals surface area contributed by atoms with E-state index in [1.54, 1.807) is 24.3 Å². The van der Waals surface area contributed by atoms with E-state index in [2.05, 4.69) is 27.9 Å². The lowest BCUT2D eigenvalue weighted by molar-refractivity contribution is -0.118. The van der Waals surface area contributed by atoms with Gasteiger partial charge in [-0.2, -0.15) is 0 Å². The quantitative estimate of drug-likeness (QED) is 0.627. The van der Waals surface area contributed by atoms with Crippen LogP contribution in [0.25, 0.3) is 0 Å². The Hall–Kier alpha value is -1.65. The molecule has 0 radical (unpaired) electrons. The molecule has 0 saturated carbocycles. The minimum atomic E-state index is -3.22. The van der Waals surface area contributed by atoms with E-state index in [4.69, 9.17) is 4.74 Å². The van der Waals surface area contributed by atoms with Crippen molar-refractivity contribution in [1.29, 1.82) is 0 Å². The molecule has 1 N–H and O–H groups in total. The minimum Gasteiger partial charge on any atom is -0.484 e. The van der Waals surface area contributed by atoms with Crippen LogP contribution in [0.3, 0.4) is 0 Å². The van der Waals surface area contributed by atoms with Crippen LogP contribution in [-0.2, 0) is 21.4 Å². The van der Waals surface area contributed by atoms with Crippen LogP contribution in [0, 0.1) is 3.57 Å². The fraction of sp³-hybridized carbons (Fsp3) is 0.235. The van der Waals surface area contributed by atoms with Crippen molar-refractivity contribution in [3.8, 4) is 5.75 Å². The zero-order valence-electron chi connectivity index (χ0n) is 13.9. The van der Waals surface area contributed by atoms with Gasteiger partial charge in [0.2, 0.25) is 10.0 Å². The Bertz CT molecular complexity index is 821. The molecule has 0 unspecified atom stereocenters. The van der Waals surface area contributed by atoms with Gasteiger partial charge in [0.25, 0.3) is 5.91 Å². The number of nitrogens with one attached hydrogen (secondary N) is 1. The van der Waals surface area contributed by atoms with Crippen LogP contribution in [0.5, 0.6) is 5.75 Å². The lowest BCUT2D eigenvalue weighted by Gasteiger charge is -2.14. The summed E-state index contributed by atoms with van der Waals surface area (Å²) in [6.07, 6.45) is 1.16. The van der Waals surface area contributed by atoms with Crippen molar-refractivity contribution in [2.24, 2.45) is 0 Å². The normalized spacial score (nSPS) is 11.4.